The molecular weight excluding hydrogens is 272 g/mol. The van der Waals surface area contributed by atoms with Crippen LogP contribution in [0, 0.1) is 0 Å². The zero-order valence-corrected chi connectivity index (χ0v) is 12.5. The third-order valence-corrected chi connectivity index (χ3v) is 4.07. The second kappa shape index (κ2) is 5.63. The van der Waals surface area contributed by atoms with Crippen LogP contribution in [0.3, 0.4) is 0 Å². The summed E-state index contributed by atoms with van der Waals surface area (Å²) in [5.74, 6) is -0.397. The Hall–Kier alpha value is -2.24. The van der Waals surface area contributed by atoms with E-state index in [9.17, 15) is 14.7 Å². The molecule has 6 heteroatoms. The third kappa shape index (κ3) is 2.53. The number of methoxy groups -OCH3 is 1. The van der Waals surface area contributed by atoms with Crippen molar-refractivity contribution in [3.8, 4) is 5.75 Å². The average molecular weight is 292 g/mol. The van der Waals surface area contributed by atoms with Gasteiger partial charge in [-0.25, -0.2) is 9.59 Å². The van der Waals surface area contributed by atoms with Crippen molar-refractivity contribution in [2.75, 3.05) is 25.6 Å². The van der Waals surface area contributed by atoms with E-state index in [2.05, 4.69) is 0 Å². The van der Waals surface area contributed by atoms with Crippen molar-refractivity contribution in [2.45, 2.75) is 25.3 Å². The number of rotatable bonds is 3. The van der Waals surface area contributed by atoms with Crippen LogP contribution in [0.15, 0.2) is 24.3 Å². The molecule has 1 aromatic rings. The number of anilines is 1. The van der Waals surface area contributed by atoms with Gasteiger partial charge in [-0.05, 0) is 31.9 Å². The Kier molecular flexibility index (Phi) is 4.06. The van der Waals surface area contributed by atoms with Crippen LogP contribution in [0.5, 0.6) is 5.75 Å². The Bertz CT molecular complexity index is 560. The first-order valence-electron chi connectivity index (χ1n) is 6.83. The quantitative estimate of drug-likeness (QED) is 0.927. The lowest BCUT2D eigenvalue weighted by Gasteiger charge is -2.34. The molecule has 1 N–H and O–H groups in total. The summed E-state index contributed by atoms with van der Waals surface area (Å²) in [5, 5.41) is 9.41. The van der Waals surface area contributed by atoms with Gasteiger partial charge in [-0.15, -0.1) is 0 Å². The highest BCUT2D eigenvalue weighted by atomic mass is 16.5. The summed E-state index contributed by atoms with van der Waals surface area (Å²) in [6.45, 7) is 2.04. The predicted octanol–water partition coefficient (Wildman–Crippen LogP) is 2.19. The molecule has 0 spiro atoms. The van der Waals surface area contributed by atoms with Crippen LogP contribution in [0.25, 0.3) is 0 Å². The molecule has 1 fully saturated rings. The van der Waals surface area contributed by atoms with Gasteiger partial charge in [-0.2, -0.15) is 0 Å². The number of urea groups is 1. The van der Waals surface area contributed by atoms with E-state index < -0.39 is 11.5 Å². The first kappa shape index (κ1) is 15.2. The molecule has 6 nitrogen and oxygen atoms in total. The minimum absolute atomic E-state index is 0.332. The lowest BCUT2D eigenvalue weighted by Crippen LogP contribution is -2.54. The summed E-state index contributed by atoms with van der Waals surface area (Å²) >= 11 is 0. The first-order chi connectivity index (χ1) is 9.91. The maximum Gasteiger partial charge on any atom is 0.329 e. The number of amides is 2. The van der Waals surface area contributed by atoms with Crippen molar-refractivity contribution in [1.82, 2.24) is 4.90 Å². The maximum atomic E-state index is 12.7. The molecule has 0 saturated carbocycles. The smallest absolute Gasteiger partial charge is 0.329 e. The van der Waals surface area contributed by atoms with Crippen molar-refractivity contribution in [2.24, 2.45) is 0 Å². The van der Waals surface area contributed by atoms with Gasteiger partial charge >= 0.3 is 12.0 Å². The molecule has 2 rings (SSSR count). The standard InChI is InChI=1S/C15H20N2O4/c1-15(13(18)19)9-6-10-17(15)14(20)16(2)11-7-4-5-8-12(11)21-3/h4-5,7-8H,6,9-10H2,1-3H3,(H,18,19). The van der Waals surface area contributed by atoms with Gasteiger partial charge in [-0.1, -0.05) is 12.1 Å². The Balaban J connectivity index is 2.29. The van der Waals surface area contributed by atoms with Gasteiger partial charge in [0.1, 0.15) is 11.3 Å². The van der Waals surface area contributed by atoms with E-state index >= 15 is 0 Å². The number of benzene rings is 1. The predicted molar refractivity (Wildman–Crippen MR) is 78.8 cm³/mol. The van der Waals surface area contributed by atoms with Crippen LogP contribution in [0.4, 0.5) is 10.5 Å². The van der Waals surface area contributed by atoms with Gasteiger partial charge in [-0.3, -0.25) is 4.90 Å². The van der Waals surface area contributed by atoms with Gasteiger partial charge in [0.25, 0.3) is 0 Å². The molecule has 1 saturated heterocycles. The number of carbonyl (C=O) groups excluding carboxylic acids is 1. The summed E-state index contributed by atoms with van der Waals surface area (Å²) in [5.41, 5.74) is -0.530. The average Bonchev–Trinajstić information content (AvgIpc) is 2.89. The van der Waals surface area contributed by atoms with Crippen LogP contribution < -0.4 is 9.64 Å². The lowest BCUT2D eigenvalue weighted by atomic mass is 10.00. The Labute approximate surface area is 123 Å². The summed E-state index contributed by atoms with van der Waals surface area (Å²) in [7, 11) is 3.16. The highest BCUT2D eigenvalue weighted by Gasteiger charge is 2.47. The number of para-hydroxylation sites is 2. The lowest BCUT2D eigenvalue weighted by molar-refractivity contribution is -0.147. The molecule has 0 radical (unpaired) electrons. The fraction of sp³-hybridized carbons (Fsp3) is 0.467. The molecule has 1 atom stereocenters. The van der Waals surface area contributed by atoms with Crippen LogP contribution in [-0.2, 0) is 4.79 Å². The van der Waals surface area contributed by atoms with Gasteiger partial charge < -0.3 is 14.7 Å². The van der Waals surface area contributed by atoms with Crippen LogP contribution in [0.2, 0.25) is 0 Å². The number of nitrogens with zero attached hydrogens (tertiary/aromatic N) is 2. The highest BCUT2D eigenvalue weighted by Crippen LogP contribution is 2.33. The van der Waals surface area contributed by atoms with Crippen molar-refractivity contribution < 1.29 is 19.4 Å². The number of carboxylic acid groups (broad SMARTS) is 1. The van der Waals surface area contributed by atoms with Crippen molar-refractivity contribution in [1.29, 1.82) is 0 Å². The number of hydrogen-bond acceptors (Lipinski definition) is 3. The molecule has 114 valence electrons. The van der Waals surface area contributed by atoms with Gasteiger partial charge in [0.2, 0.25) is 0 Å². The number of aliphatic carboxylic acids is 1. The fourth-order valence-electron chi connectivity index (χ4n) is 2.68. The fourth-order valence-corrected chi connectivity index (χ4v) is 2.68. The number of ether oxygens (including phenoxy) is 1. The van der Waals surface area contributed by atoms with Gasteiger partial charge in [0.05, 0.1) is 12.8 Å². The summed E-state index contributed by atoms with van der Waals surface area (Å²) < 4.78 is 5.25. The maximum absolute atomic E-state index is 12.7. The van der Waals surface area contributed by atoms with E-state index in [-0.39, 0.29) is 6.03 Å². The van der Waals surface area contributed by atoms with E-state index in [1.165, 1.54) is 16.9 Å². The second-order valence-corrected chi connectivity index (χ2v) is 5.35. The Morgan fingerprint density at radius 2 is 2.05 bits per heavy atom. The largest absolute Gasteiger partial charge is 0.495 e. The molecule has 2 amide bonds. The monoisotopic (exact) mass is 292 g/mol. The molecule has 1 unspecified atom stereocenters. The van der Waals surface area contributed by atoms with Crippen molar-refractivity contribution >= 4 is 17.7 Å². The number of likely N-dealkylation sites (tertiary alicyclic amines) is 1. The summed E-state index contributed by atoms with van der Waals surface area (Å²) in [6.07, 6.45) is 1.15. The van der Waals surface area contributed by atoms with Crippen LogP contribution >= 0.6 is 0 Å². The van der Waals surface area contributed by atoms with E-state index in [0.717, 1.165) is 0 Å². The van der Waals surface area contributed by atoms with Crippen molar-refractivity contribution in [3.63, 3.8) is 0 Å². The molecule has 1 aromatic carbocycles. The molecule has 21 heavy (non-hydrogen) atoms. The zero-order chi connectivity index (χ0) is 15.6. The SMILES string of the molecule is COc1ccccc1N(C)C(=O)N1CCCC1(C)C(=O)O. The number of carbonyl (C=O) groups is 2. The molecule has 0 aromatic heterocycles. The van der Waals surface area contributed by atoms with Gasteiger partial charge in [0, 0.05) is 13.6 Å². The third-order valence-electron chi connectivity index (χ3n) is 4.07. The molecule has 1 heterocycles. The first-order valence-corrected chi connectivity index (χ1v) is 6.83. The number of carboxylic acids is 1. The topological polar surface area (TPSA) is 70.1 Å². The van der Waals surface area contributed by atoms with E-state index in [1.807, 2.05) is 12.1 Å². The molecular formula is C15H20N2O4. The normalized spacial score (nSPS) is 21.2. The molecule has 0 bridgehead atoms. The van der Waals surface area contributed by atoms with E-state index in [1.54, 1.807) is 26.1 Å². The molecule has 1 aliphatic heterocycles. The van der Waals surface area contributed by atoms with Gasteiger partial charge in [0.15, 0.2) is 0 Å². The minimum Gasteiger partial charge on any atom is -0.495 e. The summed E-state index contributed by atoms with van der Waals surface area (Å²) in [6, 6.07) is 6.83. The Morgan fingerprint density at radius 1 is 1.38 bits per heavy atom. The Morgan fingerprint density at radius 3 is 2.67 bits per heavy atom. The number of hydrogen-bond donors (Lipinski definition) is 1. The van der Waals surface area contributed by atoms with Crippen LogP contribution in [0.1, 0.15) is 19.8 Å². The van der Waals surface area contributed by atoms with Crippen LogP contribution in [-0.4, -0.2) is 48.2 Å². The highest BCUT2D eigenvalue weighted by molar-refractivity contribution is 5.96. The zero-order valence-electron chi connectivity index (χ0n) is 12.5. The second-order valence-electron chi connectivity index (χ2n) is 5.35. The molecule has 1 aliphatic rings. The minimum atomic E-state index is -1.15. The van der Waals surface area contributed by atoms with E-state index in [4.69, 9.17) is 4.74 Å². The van der Waals surface area contributed by atoms with E-state index in [0.29, 0.717) is 30.8 Å². The molecule has 0 aliphatic carbocycles. The summed E-state index contributed by atoms with van der Waals surface area (Å²) in [4.78, 5) is 27.0. The van der Waals surface area contributed by atoms with Crippen molar-refractivity contribution in [3.05, 3.63) is 24.3 Å².